The Hall–Kier alpha value is -1.02. The van der Waals surface area contributed by atoms with Crippen LogP contribution in [0.4, 0.5) is 0 Å². The monoisotopic (exact) mass is 648 g/mol. The second kappa shape index (κ2) is 13.8. The molecule has 33 heavy (non-hydrogen) atoms. The number of hydrogen-bond acceptors (Lipinski definition) is 0. The molecular formula is C30H38Cl2Hf. The number of rotatable bonds is 0. The largest absolute Gasteiger partial charge is 4.00 e. The third-order valence-electron chi connectivity index (χ3n) is 5.64. The average Bonchev–Trinajstić information content (AvgIpc) is 3.31. The summed E-state index contributed by atoms with van der Waals surface area (Å²) in [5.74, 6) is 0. The van der Waals surface area contributed by atoms with Gasteiger partial charge in [-0.3, -0.25) is 0 Å². The van der Waals surface area contributed by atoms with Gasteiger partial charge >= 0.3 is 25.8 Å². The molecule has 0 amide bonds. The summed E-state index contributed by atoms with van der Waals surface area (Å²) in [5, 5.41) is 0. The Labute approximate surface area is 234 Å². The van der Waals surface area contributed by atoms with E-state index < -0.39 is 0 Å². The van der Waals surface area contributed by atoms with Gasteiger partial charge in [-0.1, -0.05) is 71.6 Å². The summed E-state index contributed by atoms with van der Waals surface area (Å²) in [6, 6.07) is 20.9. The molecule has 4 rings (SSSR count). The smallest absolute Gasteiger partial charge is 1.00 e. The van der Waals surface area contributed by atoms with Gasteiger partial charge in [-0.15, -0.1) is 29.8 Å². The van der Waals surface area contributed by atoms with Crippen LogP contribution in [0.3, 0.4) is 0 Å². The van der Waals surface area contributed by atoms with Crippen molar-refractivity contribution in [3.05, 3.63) is 101 Å². The van der Waals surface area contributed by atoms with Crippen molar-refractivity contribution in [3.8, 4) is 11.1 Å². The predicted octanol–water partition coefficient (Wildman–Crippen LogP) is 2.48. The molecule has 0 nitrogen and oxygen atoms in total. The molecule has 0 saturated heterocycles. The van der Waals surface area contributed by atoms with E-state index in [1.165, 1.54) is 44.5 Å². The molecule has 0 heterocycles. The van der Waals surface area contributed by atoms with Crippen molar-refractivity contribution < 1.29 is 50.7 Å². The Morgan fingerprint density at radius 2 is 1.27 bits per heavy atom. The van der Waals surface area contributed by atoms with Gasteiger partial charge in [0, 0.05) is 0 Å². The summed E-state index contributed by atoms with van der Waals surface area (Å²) in [5.41, 5.74) is 11.6. The standard InChI is InChI=1S/C23H29.C5H5.C2H4.2ClH.Hf/c1-14-9-16-11-17-10-15(2)21(23(6,7)8)13-19(17)18(16)12-20(14)22(3,4)5;1-2-4-5-3-1;1-2;;;/h9,12-13H,11H2,1-8H3;1-5H;1-2H2;2*1H;/q2*-1;;;;+4/p-2. The van der Waals surface area contributed by atoms with Crippen molar-refractivity contribution >= 4 is 0 Å². The quantitative estimate of drug-likeness (QED) is 0.156. The maximum absolute atomic E-state index is 3.69. The molecular weight excluding hydrogens is 610 g/mol. The van der Waals surface area contributed by atoms with E-state index in [4.69, 9.17) is 0 Å². The number of aryl methyl sites for hydroxylation is 2. The first kappa shape index (κ1) is 34.1. The summed E-state index contributed by atoms with van der Waals surface area (Å²) < 4.78 is 0. The van der Waals surface area contributed by atoms with Crippen LogP contribution in [0.5, 0.6) is 0 Å². The minimum absolute atomic E-state index is 0. The van der Waals surface area contributed by atoms with Crippen LogP contribution in [0.25, 0.3) is 11.1 Å². The molecule has 0 radical (unpaired) electrons. The van der Waals surface area contributed by atoms with Crippen molar-refractivity contribution in [1.82, 2.24) is 0 Å². The van der Waals surface area contributed by atoms with Crippen LogP contribution < -0.4 is 24.8 Å². The van der Waals surface area contributed by atoms with E-state index in [1.807, 2.05) is 30.3 Å². The van der Waals surface area contributed by atoms with Crippen molar-refractivity contribution in [2.24, 2.45) is 0 Å². The van der Waals surface area contributed by atoms with E-state index in [0.717, 1.165) is 6.42 Å². The molecule has 0 aromatic heterocycles. The SMILES string of the molecule is C=C.Cc1[c-]c2c(cc1C(C)(C)C)-c1cc(C(C)(C)C)c(C)cc1C2.[Cl-].[Cl-].[Hf+4].c1cc[cH-]c1. The zero-order valence-corrected chi connectivity index (χ0v) is 26.6. The van der Waals surface area contributed by atoms with Crippen LogP contribution in [-0.2, 0) is 43.1 Å². The molecule has 3 aromatic rings. The van der Waals surface area contributed by atoms with E-state index in [-0.39, 0.29) is 61.5 Å². The van der Waals surface area contributed by atoms with Crippen molar-refractivity contribution in [1.29, 1.82) is 0 Å². The number of fused-ring (bicyclic) bond motifs is 3. The van der Waals surface area contributed by atoms with Crippen molar-refractivity contribution in [2.45, 2.75) is 72.6 Å². The first-order valence-corrected chi connectivity index (χ1v) is 10.9. The summed E-state index contributed by atoms with van der Waals surface area (Å²) in [4.78, 5) is 0. The number of halogens is 2. The normalized spacial score (nSPS) is 11.0. The minimum Gasteiger partial charge on any atom is -1.00 e. The van der Waals surface area contributed by atoms with Gasteiger partial charge in [0.25, 0.3) is 0 Å². The summed E-state index contributed by atoms with van der Waals surface area (Å²) in [7, 11) is 0. The maximum Gasteiger partial charge on any atom is 4.00 e. The first-order chi connectivity index (χ1) is 14.0. The maximum atomic E-state index is 3.69. The fraction of sp³-hybridized carbons (Fsp3) is 0.367. The van der Waals surface area contributed by atoms with Crippen LogP contribution in [0.1, 0.15) is 74.9 Å². The molecule has 0 atom stereocenters. The second-order valence-electron chi connectivity index (χ2n) is 10.2. The Kier molecular flexibility index (Phi) is 14.2. The van der Waals surface area contributed by atoms with Gasteiger partial charge in [0.1, 0.15) is 0 Å². The van der Waals surface area contributed by atoms with Crippen LogP contribution in [0.15, 0.2) is 61.7 Å². The minimum atomic E-state index is 0. The molecule has 1 aliphatic carbocycles. The fourth-order valence-electron chi connectivity index (χ4n) is 4.34. The zero-order valence-electron chi connectivity index (χ0n) is 21.5. The molecule has 0 aliphatic heterocycles. The first-order valence-electron chi connectivity index (χ1n) is 10.9. The number of benzene rings is 2. The molecule has 0 unspecified atom stereocenters. The summed E-state index contributed by atoms with van der Waals surface area (Å²) in [6.45, 7) is 24.2. The van der Waals surface area contributed by atoms with Gasteiger partial charge < -0.3 is 24.8 Å². The molecule has 176 valence electrons. The third-order valence-corrected chi connectivity index (χ3v) is 5.64. The van der Waals surface area contributed by atoms with E-state index in [2.05, 4.69) is 92.8 Å². The van der Waals surface area contributed by atoms with Gasteiger partial charge in [-0.05, 0) is 35.4 Å². The second-order valence-corrected chi connectivity index (χ2v) is 10.2. The van der Waals surface area contributed by atoms with Gasteiger partial charge in [-0.25, -0.2) is 12.1 Å². The summed E-state index contributed by atoms with van der Waals surface area (Å²) in [6.07, 6.45) is 1.03. The Morgan fingerprint density at radius 3 is 1.70 bits per heavy atom. The van der Waals surface area contributed by atoms with E-state index in [9.17, 15) is 0 Å². The van der Waals surface area contributed by atoms with Crippen molar-refractivity contribution in [2.75, 3.05) is 0 Å². The average molecular weight is 648 g/mol. The Bertz CT molecular complexity index is 903. The molecule has 1 aliphatic rings. The molecule has 3 aromatic carbocycles. The van der Waals surface area contributed by atoms with Gasteiger partial charge in [0.15, 0.2) is 0 Å². The van der Waals surface area contributed by atoms with Crippen LogP contribution in [0, 0.1) is 19.9 Å². The predicted molar refractivity (Wildman–Crippen MR) is 134 cm³/mol. The Morgan fingerprint density at radius 1 is 0.788 bits per heavy atom. The van der Waals surface area contributed by atoms with E-state index in [1.54, 1.807) is 0 Å². The molecule has 0 fully saturated rings. The third kappa shape index (κ3) is 8.30. The number of hydrogen-bond donors (Lipinski definition) is 0. The summed E-state index contributed by atoms with van der Waals surface area (Å²) >= 11 is 0. The van der Waals surface area contributed by atoms with E-state index in [0.29, 0.717) is 0 Å². The van der Waals surface area contributed by atoms with Crippen LogP contribution >= 0.6 is 0 Å². The molecule has 0 saturated carbocycles. The van der Waals surface area contributed by atoms with Gasteiger partial charge in [0.05, 0.1) is 0 Å². The van der Waals surface area contributed by atoms with E-state index >= 15 is 0 Å². The van der Waals surface area contributed by atoms with Gasteiger partial charge in [0.2, 0.25) is 0 Å². The van der Waals surface area contributed by atoms with Crippen LogP contribution in [-0.4, -0.2) is 0 Å². The van der Waals surface area contributed by atoms with Crippen LogP contribution in [0.2, 0.25) is 0 Å². The molecule has 0 N–H and O–H groups in total. The molecule has 0 bridgehead atoms. The fourth-order valence-corrected chi connectivity index (χ4v) is 4.34. The zero-order chi connectivity index (χ0) is 22.7. The van der Waals surface area contributed by atoms with Gasteiger partial charge in [-0.2, -0.15) is 35.9 Å². The molecule has 3 heteroatoms. The van der Waals surface area contributed by atoms with Crippen molar-refractivity contribution in [3.63, 3.8) is 0 Å². The molecule has 0 spiro atoms. The Balaban J connectivity index is 0. The topological polar surface area (TPSA) is 0 Å².